The highest BCUT2D eigenvalue weighted by atomic mass is 32.2. The summed E-state index contributed by atoms with van der Waals surface area (Å²) >= 11 is 1.79. The molecule has 2 atom stereocenters. The molecule has 4 heteroatoms. The van der Waals surface area contributed by atoms with E-state index in [-0.39, 0.29) is 11.9 Å². The second-order valence-electron chi connectivity index (χ2n) is 3.16. The molecule has 0 heterocycles. The van der Waals surface area contributed by atoms with Crippen molar-refractivity contribution in [1.82, 2.24) is 5.32 Å². The van der Waals surface area contributed by atoms with Gasteiger partial charge in [0.05, 0.1) is 6.07 Å². The minimum absolute atomic E-state index is 0.140. The maximum absolute atomic E-state index is 11.4. The minimum atomic E-state index is -0.496. The summed E-state index contributed by atoms with van der Waals surface area (Å²) in [5.74, 6) is 1.32. The number of rotatable bonds is 6. The molecule has 0 aliphatic carbocycles. The topological polar surface area (TPSA) is 52.9 Å². The van der Waals surface area contributed by atoms with Crippen LogP contribution in [0.5, 0.6) is 0 Å². The summed E-state index contributed by atoms with van der Waals surface area (Å²) in [7, 11) is 0. The van der Waals surface area contributed by atoms with Gasteiger partial charge in [-0.1, -0.05) is 13.8 Å². The average Bonchev–Trinajstić information content (AvgIpc) is 2.16. The van der Waals surface area contributed by atoms with Crippen LogP contribution in [0.25, 0.3) is 0 Å². The Balaban J connectivity index is 3.87. The largest absolute Gasteiger partial charge is 0.352 e. The van der Waals surface area contributed by atoms with Gasteiger partial charge in [0.25, 0.3) is 0 Å². The lowest BCUT2D eigenvalue weighted by Gasteiger charge is -2.14. The van der Waals surface area contributed by atoms with Crippen molar-refractivity contribution in [2.75, 3.05) is 11.5 Å². The average molecular weight is 214 g/mol. The van der Waals surface area contributed by atoms with Crippen LogP contribution < -0.4 is 5.32 Å². The van der Waals surface area contributed by atoms with Crippen molar-refractivity contribution in [3.05, 3.63) is 0 Å². The van der Waals surface area contributed by atoms with Gasteiger partial charge < -0.3 is 5.32 Å². The van der Waals surface area contributed by atoms with Crippen molar-refractivity contribution in [3.63, 3.8) is 0 Å². The number of amides is 1. The third-order valence-electron chi connectivity index (χ3n) is 1.84. The molecule has 0 aliphatic heterocycles. The first-order valence-corrected chi connectivity index (χ1v) is 6.08. The van der Waals surface area contributed by atoms with E-state index in [1.807, 2.05) is 19.9 Å². The lowest BCUT2D eigenvalue weighted by molar-refractivity contribution is -0.123. The molecule has 0 aliphatic rings. The molecule has 1 N–H and O–H groups in total. The van der Waals surface area contributed by atoms with E-state index >= 15 is 0 Å². The molecule has 0 aromatic carbocycles. The standard InChI is InChI=1S/C10H18N2OS/c1-4-9(6-11)10(13)12-8(3)7-14-5-2/h8-9H,4-5,7H2,1-3H3,(H,12,13). The Bertz CT molecular complexity index is 213. The number of carbonyl (C=O) groups excluding carboxylic acids is 1. The highest BCUT2D eigenvalue weighted by molar-refractivity contribution is 7.99. The molecular formula is C10H18N2OS. The van der Waals surface area contributed by atoms with Crippen LogP contribution in [-0.4, -0.2) is 23.5 Å². The molecule has 0 spiro atoms. The van der Waals surface area contributed by atoms with Crippen molar-refractivity contribution >= 4 is 17.7 Å². The summed E-state index contributed by atoms with van der Waals surface area (Å²) in [6, 6.07) is 2.14. The van der Waals surface area contributed by atoms with Crippen LogP contribution in [0.3, 0.4) is 0 Å². The number of hydrogen-bond donors (Lipinski definition) is 1. The molecule has 3 nitrogen and oxygen atoms in total. The molecule has 0 saturated carbocycles. The van der Waals surface area contributed by atoms with E-state index in [4.69, 9.17) is 5.26 Å². The van der Waals surface area contributed by atoms with E-state index in [1.165, 1.54) is 0 Å². The van der Waals surface area contributed by atoms with Crippen molar-refractivity contribution in [2.24, 2.45) is 5.92 Å². The van der Waals surface area contributed by atoms with Crippen LogP contribution >= 0.6 is 11.8 Å². The predicted molar refractivity (Wildman–Crippen MR) is 60.0 cm³/mol. The molecule has 14 heavy (non-hydrogen) atoms. The molecular weight excluding hydrogens is 196 g/mol. The first kappa shape index (κ1) is 13.3. The zero-order chi connectivity index (χ0) is 11.0. The van der Waals surface area contributed by atoms with Crippen LogP contribution in [0, 0.1) is 17.2 Å². The van der Waals surface area contributed by atoms with Gasteiger partial charge in [0.2, 0.25) is 5.91 Å². The van der Waals surface area contributed by atoms with E-state index in [9.17, 15) is 4.79 Å². The van der Waals surface area contributed by atoms with Gasteiger partial charge in [-0.25, -0.2) is 0 Å². The minimum Gasteiger partial charge on any atom is -0.352 e. The van der Waals surface area contributed by atoms with Crippen LogP contribution in [0.2, 0.25) is 0 Å². The Hall–Kier alpha value is -0.690. The Labute approximate surface area is 90.3 Å². The highest BCUT2D eigenvalue weighted by Gasteiger charge is 2.16. The van der Waals surface area contributed by atoms with Gasteiger partial charge in [0.1, 0.15) is 5.92 Å². The van der Waals surface area contributed by atoms with Crippen LogP contribution in [0.4, 0.5) is 0 Å². The van der Waals surface area contributed by atoms with Gasteiger partial charge in [-0.3, -0.25) is 4.79 Å². The van der Waals surface area contributed by atoms with Crippen molar-refractivity contribution in [3.8, 4) is 6.07 Å². The van der Waals surface area contributed by atoms with Gasteiger partial charge in [-0.2, -0.15) is 17.0 Å². The maximum atomic E-state index is 11.4. The normalized spacial score (nSPS) is 14.1. The Kier molecular flexibility index (Phi) is 7.31. The zero-order valence-corrected chi connectivity index (χ0v) is 9.86. The number of nitrogens with zero attached hydrogens (tertiary/aromatic N) is 1. The Morgan fingerprint density at radius 3 is 2.64 bits per heavy atom. The fraction of sp³-hybridized carbons (Fsp3) is 0.800. The first-order valence-electron chi connectivity index (χ1n) is 4.93. The summed E-state index contributed by atoms with van der Waals surface area (Å²) in [6.07, 6.45) is 0.579. The molecule has 0 bridgehead atoms. The third-order valence-corrected chi connectivity index (χ3v) is 2.99. The molecule has 0 radical (unpaired) electrons. The Morgan fingerprint density at radius 2 is 2.21 bits per heavy atom. The number of carbonyl (C=O) groups is 1. The predicted octanol–water partition coefficient (Wildman–Crippen LogP) is 1.79. The van der Waals surface area contributed by atoms with Crippen molar-refractivity contribution in [1.29, 1.82) is 5.26 Å². The SMILES string of the molecule is CCSCC(C)NC(=O)C(C#N)CC. The molecule has 0 rings (SSSR count). The molecule has 80 valence electrons. The number of thioether (sulfide) groups is 1. The highest BCUT2D eigenvalue weighted by Crippen LogP contribution is 2.04. The summed E-state index contributed by atoms with van der Waals surface area (Å²) in [5.41, 5.74) is 0. The molecule has 1 amide bonds. The fourth-order valence-corrected chi connectivity index (χ4v) is 1.69. The maximum Gasteiger partial charge on any atom is 0.237 e. The van der Waals surface area contributed by atoms with Crippen molar-refractivity contribution < 1.29 is 4.79 Å². The molecule has 0 fully saturated rings. The van der Waals surface area contributed by atoms with Crippen LogP contribution in [0.15, 0.2) is 0 Å². The van der Waals surface area contributed by atoms with E-state index in [0.717, 1.165) is 11.5 Å². The summed E-state index contributed by atoms with van der Waals surface area (Å²) < 4.78 is 0. The van der Waals surface area contributed by atoms with Gasteiger partial charge in [0.15, 0.2) is 0 Å². The number of nitrogens with one attached hydrogen (secondary N) is 1. The van der Waals surface area contributed by atoms with Crippen LogP contribution in [-0.2, 0) is 4.79 Å². The second-order valence-corrected chi connectivity index (χ2v) is 4.48. The van der Waals surface area contributed by atoms with E-state index in [2.05, 4.69) is 12.2 Å². The molecule has 0 aromatic heterocycles. The van der Waals surface area contributed by atoms with E-state index in [0.29, 0.717) is 6.42 Å². The van der Waals surface area contributed by atoms with E-state index < -0.39 is 5.92 Å². The fourth-order valence-electron chi connectivity index (χ4n) is 1.02. The smallest absolute Gasteiger partial charge is 0.237 e. The zero-order valence-electron chi connectivity index (χ0n) is 9.04. The van der Waals surface area contributed by atoms with Gasteiger partial charge >= 0.3 is 0 Å². The second kappa shape index (κ2) is 7.69. The monoisotopic (exact) mass is 214 g/mol. The summed E-state index contributed by atoms with van der Waals surface area (Å²) in [6.45, 7) is 5.90. The molecule has 2 unspecified atom stereocenters. The van der Waals surface area contributed by atoms with Gasteiger partial charge in [-0.15, -0.1) is 0 Å². The quantitative estimate of drug-likeness (QED) is 0.733. The summed E-state index contributed by atoms with van der Waals surface area (Å²) in [4.78, 5) is 11.4. The van der Waals surface area contributed by atoms with Gasteiger partial charge in [0, 0.05) is 11.8 Å². The lowest BCUT2D eigenvalue weighted by atomic mass is 10.1. The van der Waals surface area contributed by atoms with Crippen LogP contribution in [0.1, 0.15) is 27.2 Å². The lowest BCUT2D eigenvalue weighted by Crippen LogP contribution is -2.38. The first-order chi connectivity index (χ1) is 6.65. The molecule has 0 aromatic rings. The van der Waals surface area contributed by atoms with Crippen molar-refractivity contribution in [2.45, 2.75) is 33.2 Å². The third kappa shape index (κ3) is 5.13. The van der Waals surface area contributed by atoms with Gasteiger partial charge in [-0.05, 0) is 19.1 Å². The Morgan fingerprint density at radius 1 is 1.57 bits per heavy atom. The summed E-state index contributed by atoms with van der Waals surface area (Å²) in [5, 5.41) is 11.5. The van der Waals surface area contributed by atoms with E-state index in [1.54, 1.807) is 11.8 Å². The molecule has 0 saturated heterocycles. The number of nitriles is 1. The number of hydrogen-bond acceptors (Lipinski definition) is 3.